The van der Waals surface area contributed by atoms with Crippen LogP contribution in [0.4, 0.5) is 0 Å². The Balaban J connectivity index is 1.62. The van der Waals surface area contributed by atoms with Gasteiger partial charge in [0.1, 0.15) is 0 Å². The van der Waals surface area contributed by atoms with E-state index in [1.54, 1.807) is 0 Å². The summed E-state index contributed by atoms with van der Waals surface area (Å²) < 4.78 is 2.06. The maximum atomic E-state index is 4.44. The van der Waals surface area contributed by atoms with E-state index in [1.165, 1.54) is 56.5 Å². The summed E-state index contributed by atoms with van der Waals surface area (Å²) in [5.41, 5.74) is 3.34. The molecule has 1 aromatic rings. The zero-order valence-corrected chi connectivity index (χ0v) is 13.2. The van der Waals surface area contributed by atoms with Gasteiger partial charge in [-0.2, -0.15) is 5.10 Å². The van der Waals surface area contributed by atoms with Gasteiger partial charge in [-0.15, -0.1) is 0 Å². The van der Waals surface area contributed by atoms with Crippen molar-refractivity contribution in [1.82, 2.24) is 20.0 Å². The fraction of sp³-hybridized carbons (Fsp3) is 0.812. The minimum Gasteiger partial charge on any atom is -0.309 e. The van der Waals surface area contributed by atoms with Crippen molar-refractivity contribution in [2.75, 3.05) is 26.7 Å². The predicted molar refractivity (Wildman–Crippen MR) is 81.7 cm³/mol. The number of fused-ring (bicyclic) bond motifs is 1. The van der Waals surface area contributed by atoms with E-state index in [9.17, 15) is 0 Å². The summed E-state index contributed by atoms with van der Waals surface area (Å²) in [5.74, 6) is 0. The third-order valence-corrected chi connectivity index (χ3v) is 5.35. The largest absolute Gasteiger partial charge is 0.309 e. The minimum atomic E-state index is 0.465. The van der Waals surface area contributed by atoms with Crippen molar-refractivity contribution >= 4 is 0 Å². The molecular formula is C16H28N4. The van der Waals surface area contributed by atoms with Gasteiger partial charge in [-0.1, -0.05) is 6.92 Å². The maximum Gasteiger partial charge on any atom is 0.0540 e. The summed E-state index contributed by atoms with van der Waals surface area (Å²) in [6.07, 6.45) is 8.42. The molecule has 2 heterocycles. The molecular weight excluding hydrogens is 248 g/mol. The van der Waals surface area contributed by atoms with Crippen molar-refractivity contribution < 1.29 is 0 Å². The zero-order valence-electron chi connectivity index (χ0n) is 13.2. The molecule has 1 unspecified atom stereocenters. The second-order valence-electron chi connectivity index (χ2n) is 7.11. The monoisotopic (exact) mass is 276 g/mol. The van der Waals surface area contributed by atoms with Gasteiger partial charge in [0.15, 0.2) is 0 Å². The van der Waals surface area contributed by atoms with E-state index in [0.717, 1.165) is 6.54 Å². The molecule has 0 aromatic carbocycles. The second kappa shape index (κ2) is 5.49. The predicted octanol–water partition coefficient (Wildman–Crippen LogP) is 2.12. The summed E-state index contributed by atoms with van der Waals surface area (Å²) >= 11 is 0. The van der Waals surface area contributed by atoms with Crippen molar-refractivity contribution in [2.45, 2.75) is 45.1 Å². The smallest absolute Gasteiger partial charge is 0.0540 e. The van der Waals surface area contributed by atoms with Crippen molar-refractivity contribution in [2.24, 2.45) is 12.5 Å². The molecule has 112 valence electrons. The molecule has 0 saturated carbocycles. The molecule has 20 heavy (non-hydrogen) atoms. The van der Waals surface area contributed by atoms with Crippen LogP contribution >= 0.6 is 0 Å². The number of aryl methyl sites for hydroxylation is 1. The van der Waals surface area contributed by atoms with Crippen LogP contribution in [-0.2, 0) is 13.5 Å². The number of aromatic nitrogens is 2. The quantitative estimate of drug-likeness (QED) is 0.918. The summed E-state index contributed by atoms with van der Waals surface area (Å²) in [4.78, 5) is 2.45. The molecule has 4 heteroatoms. The van der Waals surface area contributed by atoms with Gasteiger partial charge < -0.3 is 10.2 Å². The van der Waals surface area contributed by atoms with Crippen molar-refractivity contribution in [3.05, 3.63) is 17.5 Å². The molecule has 3 rings (SSSR count). The Morgan fingerprint density at radius 3 is 2.85 bits per heavy atom. The van der Waals surface area contributed by atoms with Gasteiger partial charge in [0.2, 0.25) is 0 Å². The van der Waals surface area contributed by atoms with Gasteiger partial charge in [-0.05, 0) is 57.7 Å². The van der Waals surface area contributed by atoms with Crippen LogP contribution in [0.2, 0.25) is 0 Å². The summed E-state index contributed by atoms with van der Waals surface area (Å²) in [6, 6.07) is 0.518. The molecule has 0 amide bonds. The number of nitrogens with zero attached hydrogens (tertiary/aromatic N) is 3. The van der Waals surface area contributed by atoms with E-state index in [4.69, 9.17) is 0 Å². The van der Waals surface area contributed by atoms with E-state index in [1.807, 2.05) is 0 Å². The summed E-state index contributed by atoms with van der Waals surface area (Å²) in [5, 5.41) is 8.28. The van der Waals surface area contributed by atoms with Crippen LogP contribution in [0.1, 0.15) is 49.9 Å². The average Bonchev–Trinajstić information content (AvgIpc) is 2.83. The Kier molecular flexibility index (Phi) is 3.87. The minimum absolute atomic E-state index is 0.465. The lowest BCUT2D eigenvalue weighted by molar-refractivity contribution is 0.132. The molecule has 0 radical (unpaired) electrons. The summed E-state index contributed by atoms with van der Waals surface area (Å²) in [7, 11) is 4.30. The third kappa shape index (κ3) is 2.77. The first-order valence-corrected chi connectivity index (χ1v) is 8.00. The van der Waals surface area contributed by atoms with Crippen LogP contribution in [0.15, 0.2) is 6.20 Å². The van der Waals surface area contributed by atoms with E-state index in [2.05, 4.69) is 47.2 Å². The molecule has 0 bridgehead atoms. The second-order valence-corrected chi connectivity index (χ2v) is 7.11. The normalized spacial score (nSPS) is 26.4. The van der Waals surface area contributed by atoms with E-state index in [-0.39, 0.29) is 0 Å². The molecule has 2 aliphatic rings. The first-order chi connectivity index (χ1) is 9.57. The van der Waals surface area contributed by atoms with Gasteiger partial charge >= 0.3 is 0 Å². The molecule has 1 saturated heterocycles. The van der Waals surface area contributed by atoms with E-state index >= 15 is 0 Å². The number of hydrogen-bond acceptors (Lipinski definition) is 3. The molecule has 1 aliphatic heterocycles. The van der Waals surface area contributed by atoms with Crippen LogP contribution in [0.25, 0.3) is 0 Å². The molecule has 1 atom stereocenters. The van der Waals surface area contributed by atoms with Crippen molar-refractivity contribution in [1.29, 1.82) is 0 Å². The van der Waals surface area contributed by atoms with Gasteiger partial charge in [0.25, 0.3) is 0 Å². The van der Waals surface area contributed by atoms with Crippen LogP contribution in [0.3, 0.4) is 0 Å². The standard InChI is InChI=1S/C16H28N4/c1-16(7-9-19(2)10-8-16)12-17-14-5-4-6-15-13(14)11-18-20(15)3/h11,14,17H,4-10,12H2,1-3H3. The lowest BCUT2D eigenvalue weighted by Crippen LogP contribution is -2.43. The molecule has 1 aromatic heterocycles. The molecule has 0 spiro atoms. The van der Waals surface area contributed by atoms with Gasteiger partial charge in [-0.3, -0.25) is 4.68 Å². The Morgan fingerprint density at radius 1 is 1.35 bits per heavy atom. The lowest BCUT2D eigenvalue weighted by atomic mass is 9.80. The fourth-order valence-corrected chi connectivity index (χ4v) is 3.62. The van der Waals surface area contributed by atoms with Crippen LogP contribution in [0, 0.1) is 5.41 Å². The topological polar surface area (TPSA) is 33.1 Å². The number of rotatable bonds is 3. The first-order valence-electron chi connectivity index (χ1n) is 8.00. The molecule has 1 N–H and O–H groups in total. The highest BCUT2D eigenvalue weighted by Gasteiger charge is 2.31. The third-order valence-electron chi connectivity index (χ3n) is 5.35. The Hall–Kier alpha value is -0.870. The van der Waals surface area contributed by atoms with Crippen LogP contribution < -0.4 is 5.32 Å². The molecule has 4 nitrogen and oxygen atoms in total. The van der Waals surface area contributed by atoms with Gasteiger partial charge in [0, 0.05) is 30.9 Å². The lowest BCUT2D eigenvalue weighted by Gasteiger charge is -2.39. The van der Waals surface area contributed by atoms with E-state index < -0.39 is 0 Å². The Bertz CT molecular complexity index is 457. The number of piperidine rings is 1. The number of likely N-dealkylation sites (tertiary alicyclic amines) is 1. The van der Waals surface area contributed by atoms with E-state index in [0.29, 0.717) is 11.5 Å². The Labute approximate surface area is 122 Å². The maximum absolute atomic E-state index is 4.44. The Morgan fingerprint density at radius 2 is 2.10 bits per heavy atom. The molecule has 1 aliphatic carbocycles. The highest BCUT2D eigenvalue weighted by Crippen LogP contribution is 2.33. The number of nitrogens with one attached hydrogen (secondary N) is 1. The van der Waals surface area contributed by atoms with Crippen molar-refractivity contribution in [3.8, 4) is 0 Å². The number of hydrogen-bond donors (Lipinski definition) is 1. The summed E-state index contributed by atoms with van der Waals surface area (Å²) in [6.45, 7) is 6.06. The molecule has 1 fully saturated rings. The fourth-order valence-electron chi connectivity index (χ4n) is 3.62. The van der Waals surface area contributed by atoms with Crippen molar-refractivity contribution in [3.63, 3.8) is 0 Å². The van der Waals surface area contributed by atoms with Gasteiger partial charge in [-0.25, -0.2) is 0 Å². The SMILES string of the molecule is CN1CCC(C)(CNC2CCCc3c2cnn3C)CC1. The first kappa shape index (κ1) is 14.1. The average molecular weight is 276 g/mol. The van der Waals surface area contributed by atoms with Gasteiger partial charge in [0.05, 0.1) is 6.20 Å². The highest BCUT2D eigenvalue weighted by atomic mass is 15.3. The zero-order chi connectivity index (χ0) is 14.2. The van der Waals surface area contributed by atoms with Crippen LogP contribution in [-0.4, -0.2) is 41.4 Å². The van der Waals surface area contributed by atoms with Crippen LogP contribution in [0.5, 0.6) is 0 Å². The highest BCUT2D eigenvalue weighted by molar-refractivity contribution is 5.24.